The highest BCUT2D eigenvalue weighted by Crippen LogP contribution is 2.19. The largest absolute Gasteiger partial charge is 0.380 e. The summed E-state index contributed by atoms with van der Waals surface area (Å²) in [5, 5.41) is 0. The van der Waals surface area contributed by atoms with Crippen LogP contribution in [0.1, 0.15) is 33.6 Å². The van der Waals surface area contributed by atoms with E-state index in [1.54, 1.807) is 7.11 Å². The summed E-state index contributed by atoms with van der Waals surface area (Å²) in [4.78, 5) is 16.5. The molecule has 0 aromatic carbocycles. The van der Waals surface area contributed by atoms with Gasteiger partial charge in [-0.15, -0.1) is 24.8 Å². The normalized spacial score (nSPS) is 17.4. The van der Waals surface area contributed by atoms with Crippen LogP contribution in [0.2, 0.25) is 0 Å². The number of carbonyl (C=O) groups is 1. The molecule has 0 aromatic rings. The van der Waals surface area contributed by atoms with Crippen LogP contribution < -0.4 is 5.73 Å². The van der Waals surface area contributed by atoms with Crippen LogP contribution in [0.5, 0.6) is 0 Å². The maximum atomic E-state index is 12.1. The minimum atomic E-state index is -0.151. The summed E-state index contributed by atoms with van der Waals surface area (Å²) in [6, 6.07) is 0. The van der Waals surface area contributed by atoms with Crippen LogP contribution in [0.4, 0.5) is 0 Å². The maximum absolute atomic E-state index is 12.1. The molecule has 0 aliphatic carbocycles. The molecule has 1 aliphatic heterocycles. The molecule has 134 valence electrons. The molecule has 1 saturated heterocycles. The molecule has 0 saturated carbocycles. The highest BCUT2D eigenvalue weighted by molar-refractivity contribution is 5.85. The van der Waals surface area contributed by atoms with Crippen molar-refractivity contribution in [2.24, 2.45) is 11.1 Å². The molecular weight excluding hydrogens is 325 g/mol. The number of halogens is 2. The van der Waals surface area contributed by atoms with Crippen LogP contribution in [-0.4, -0.2) is 68.2 Å². The number of ether oxygens (including phenoxy) is 1. The predicted molar refractivity (Wildman–Crippen MR) is 96.1 cm³/mol. The number of hydrogen-bond donors (Lipinski definition) is 1. The van der Waals surface area contributed by atoms with Crippen molar-refractivity contribution in [3.8, 4) is 0 Å². The maximum Gasteiger partial charge on any atom is 0.225 e. The molecule has 22 heavy (non-hydrogen) atoms. The van der Waals surface area contributed by atoms with Gasteiger partial charge in [0.1, 0.15) is 0 Å². The van der Waals surface area contributed by atoms with Crippen LogP contribution in [0.3, 0.4) is 0 Å². The van der Waals surface area contributed by atoms with E-state index in [0.717, 1.165) is 32.7 Å². The summed E-state index contributed by atoms with van der Waals surface area (Å²) in [6.07, 6.45) is 1.44. The van der Waals surface area contributed by atoms with Gasteiger partial charge in [-0.3, -0.25) is 9.69 Å². The second kappa shape index (κ2) is 11.5. The molecule has 1 aliphatic rings. The Morgan fingerprint density at radius 2 is 1.73 bits per heavy atom. The van der Waals surface area contributed by atoms with E-state index in [9.17, 15) is 4.79 Å². The van der Waals surface area contributed by atoms with E-state index < -0.39 is 0 Å². The fraction of sp³-hybridized carbons (Fsp3) is 0.933. The highest BCUT2D eigenvalue weighted by atomic mass is 35.5. The van der Waals surface area contributed by atoms with E-state index in [1.807, 2.05) is 4.90 Å². The van der Waals surface area contributed by atoms with Crippen molar-refractivity contribution in [3.05, 3.63) is 0 Å². The van der Waals surface area contributed by atoms with Gasteiger partial charge in [0.15, 0.2) is 0 Å². The third kappa shape index (κ3) is 9.16. The number of nitrogens with zero attached hydrogens (tertiary/aromatic N) is 2. The lowest BCUT2D eigenvalue weighted by Crippen LogP contribution is -2.50. The Balaban J connectivity index is 0. The Morgan fingerprint density at radius 1 is 1.18 bits per heavy atom. The standard InChI is InChI=1S/C15H31N3O2.2ClH/c1-15(2,3)5-6-17-7-9-18(10-8-17)14(19)11-13(12-16)20-4;;/h13H,5-12,16H2,1-4H3;2*1H. The molecule has 0 bridgehead atoms. The van der Waals surface area contributed by atoms with Crippen molar-refractivity contribution in [2.75, 3.05) is 46.4 Å². The van der Waals surface area contributed by atoms with Crippen LogP contribution in [0, 0.1) is 5.41 Å². The number of methoxy groups -OCH3 is 1. The lowest BCUT2D eigenvalue weighted by atomic mass is 9.92. The van der Waals surface area contributed by atoms with Crippen molar-refractivity contribution in [1.29, 1.82) is 0 Å². The van der Waals surface area contributed by atoms with Crippen molar-refractivity contribution in [2.45, 2.75) is 39.7 Å². The molecule has 7 heteroatoms. The molecule has 1 heterocycles. The van der Waals surface area contributed by atoms with Gasteiger partial charge in [0.25, 0.3) is 0 Å². The molecule has 1 atom stereocenters. The van der Waals surface area contributed by atoms with Gasteiger partial charge >= 0.3 is 0 Å². The van der Waals surface area contributed by atoms with Gasteiger partial charge in [-0.05, 0) is 18.4 Å². The molecule has 1 unspecified atom stereocenters. The van der Waals surface area contributed by atoms with E-state index in [4.69, 9.17) is 10.5 Å². The quantitative estimate of drug-likeness (QED) is 0.786. The average Bonchev–Trinajstić information content (AvgIpc) is 2.42. The van der Waals surface area contributed by atoms with E-state index in [-0.39, 0.29) is 36.8 Å². The highest BCUT2D eigenvalue weighted by Gasteiger charge is 2.23. The van der Waals surface area contributed by atoms with E-state index in [2.05, 4.69) is 25.7 Å². The number of carbonyl (C=O) groups excluding carboxylic acids is 1. The first-order valence-electron chi connectivity index (χ1n) is 7.58. The summed E-state index contributed by atoms with van der Waals surface area (Å²) >= 11 is 0. The second-order valence-corrected chi connectivity index (χ2v) is 6.83. The number of piperazine rings is 1. The van der Waals surface area contributed by atoms with Crippen molar-refractivity contribution < 1.29 is 9.53 Å². The first kappa shape index (κ1) is 24.2. The van der Waals surface area contributed by atoms with Crippen LogP contribution in [-0.2, 0) is 9.53 Å². The van der Waals surface area contributed by atoms with Gasteiger partial charge in [0, 0.05) is 39.8 Å². The van der Waals surface area contributed by atoms with Gasteiger partial charge in [0.05, 0.1) is 12.5 Å². The molecule has 0 aromatic heterocycles. The second-order valence-electron chi connectivity index (χ2n) is 6.83. The fourth-order valence-corrected chi connectivity index (χ4v) is 2.30. The first-order valence-corrected chi connectivity index (χ1v) is 7.58. The lowest BCUT2D eigenvalue weighted by molar-refractivity contribution is -0.135. The summed E-state index contributed by atoms with van der Waals surface area (Å²) in [5.74, 6) is 0.165. The van der Waals surface area contributed by atoms with Crippen molar-refractivity contribution >= 4 is 30.7 Å². The molecular formula is C15H33Cl2N3O2. The molecule has 5 nitrogen and oxygen atoms in total. The number of nitrogens with two attached hydrogens (primary N) is 1. The summed E-state index contributed by atoms with van der Waals surface area (Å²) in [7, 11) is 1.61. The molecule has 0 radical (unpaired) electrons. The molecule has 1 fully saturated rings. The van der Waals surface area contributed by atoms with Crippen LogP contribution >= 0.6 is 24.8 Å². The van der Waals surface area contributed by atoms with Gasteiger partial charge in [0.2, 0.25) is 5.91 Å². The Morgan fingerprint density at radius 3 is 2.14 bits per heavy atom. The zero-order chi connectivity index (χ0) is 15.2. The Labute approximate surface area is 147 Å². The summed E-state index contributed by atoms with van der Waals surface area (Å²) in [5.41, 5.74) is 5.93. The Hall–Kier alpha value is -0.0700. The zero-order valence-electron chi connectivity index (χ0n) is 14.3. The number of rotatable bonds is 6. The SMILES string of the molecule is COC(CN)CC(=O)N1CCN(CCC(C)(C)C)CC1.Cl.Cl. The van der Waals surface area contributed by atoms with E-state index >= 15 is 0 Å². The molecule has 0 spiro atoms. The van der Waals surface area contributed by atoms with E-state index in [0.29, 0.717) is 18.4 Å². The minimum absolute atomic E-state index is 0. The van der Waals surface area contributed by atoms with Crippen LogP contribution in [0.25, 0.3) is 0 Å². The summed E-state index contributed by atoms with van der Waals surface area (Å²) < 4.78 is 5.18. The lowest BCUT2D eigenvalue weighted by Gasteiger charge is -2.36. The third-order valence-corrected chi connectivity index (χ3v) is 3.90. The monoisotopic (exact) mass is 357 g/mol. The van der Waals surface area contributed by atoms with Crippen molar-refractivity contribution in [1.82, 2.24) is 9.80 Å². The third-order valence-electron chi connectivity index (χ3n) is 3.90. The number of amides is 1. The van der Waals surface area contributed by atoms with Crippen molar-refractivity contribution in [3.63, 3.8) is 0 Å². The first-order chi connectivity index (χ1) is 9.35. The smallest absolute Gasteiger partial charge is 0.225 e. The van der Waals surface area contributed by atoms with Gasteiger partial charge in [-0.1, -0.05) is 20.8 Å². The van der Waals surface area contributed by atoms with Gasteiger partial charge < -0.3 is 15.4 Å². The van der Waals surface area contributed by atoms with Gasteiger partial charge in [-0.2, -0.15) is 0 Å². The Kier molecular flexibility index (Phi) is 12.6. The fourth-order valence-electron chi connectivity index (χ4n) is 2.30. The molecule has 2 N–H and O–H groups in total. The minimum Gasteiger partial charge on any atom is -0.380 e. The molecule has 1 amide bonds. The zero-order valence-corrected chi connectivity index (χ0v) is 16.0. The molecule has 1 rings (SSSR count). The summed E-state index contributed by atoms with van der Waals surface area (Å²) in [6.45, 7) is 11.9. The number of hydrogen-bond acceptors (Lipinski definition) is 4. The average molecular weight is 358 g/mol. The Bertz CT molecular complexity index is 300. The van der Waals surface area contributed by atoms with Crippen LogP contribution in [0.15, 0.2) is 0 Å². The topological polar surface area (TPSA) is 58.8 Å². The van der Waals surface area contributed by atoms with E-state index in [1.165, 1.54) is 6.42 Å². The predicted octanol–water partition coefficient (Wildman–Crippen LogP) is 1.77. The van der Waals surface area contributed by atoms with Gasteiger partial charge in [-0.25, -0.2) is 0 Å².